The minimum absolute atomic E-state index is 0.0333. The van der Waals surface area contributed by atoms with E-state index in [0.717, 1.165) is 29.8 Å². The molecule has 7 nitrogen and oxygen atoms in total. The third kappa shape index (κ3) is 3.56. The van der Waals surface area contributed by atoms with Crippen LogP contribution < -0.4 is 16.0 Å². The van der Waals surface area contributed by atoms with Crippen molar-refractivity contribution in [2.75, 3.05) is 13.1 Å². The van der Waals surface area contributed by atoms with E-state index in [1.54, 1.807) is 24.3 Å². The molecule has 128 valence electrons. The van der Waals surface area contributed by atoms with E-state index in [0.29, 0.717) is 5.56 Å². The van der Waals surface area contributed by atoms with Gasteiger partial charge in [-0.2, -0.15) is 0 Å². The molecule has 2 unspecified atom stereocenters. The number of imide groups is 1. The van der Waals surface area contributed by atoms with Crippen LogP contribution in [0, 0.1) is 0 Å². The van der Waals surface area contributed by atoms with Crippen molar-refractivity contribution in [2.45, 2.75) is 38.4 Å². The maximum Gasteiger partial charge on any atom is 0.324 e. The summed E-state index contributed by atoms with van der Waals surface area (Å²) in [5.74, 6) is -0.383. The lowest BCUT2D eigenvalue weighted by atomic mass is 9.99. The van der Waals surface area contributed by atoms with Gasteiger partial charge < -0.3 is 16.0 Å². The SMILES string of the molecule is CC1NCCCC1NC(=O)c1cccc(CN2C(=O)CNC2=O)c1. The molecule has 24 heavy (non-hydrogen) atoms. The summed E-state index contributed by atoms with van der Waals surface area (Å²) in [6.45, 7) is 3.26. The molecule has 3 N–H and O–H groups in total. The van der Waals surface area contributed by atoms with Crippen LogP contribution in [0.15, 0.2) is 24.3 Å². The van der Waals surface area contributed by atoms with E-state index >= 15 is 0 Å². The highest BCUT2D eigenvalue weighted by molar-refractivity contribution is 6.02. The average molecular weight is 330 g/mol. The maximum absolute atomic E-state index is 12.5. The van der Waals surface area contributed by atoms with Crippen molar-refractivity contribution < 1.29 is 14.4 Å². The summed E-state index contributed by atoms with van der Waals surface area (Å²) in [6.07, 6.45) is 2.00. The Morgan fingerprint density at radius 2 is 2.21 bits per heavy atom. The molecule has 2 saturated heterocycles. The van der Waals surface area contributed by atoms with Crippen molar-refractivity contribution in [1.82, 2.24) is 20.9 Å². The molecule has 2 fully saturated rings. The molecule has 0 saturated carbocycles. The zero-order valence-corrected chi connectivity index (χ0v) is 13.7. The van der Waals surface area contributed by atoms with Crippen molar-refractivity contribution in [2.24, 2.45) is 0 Å². The normalized spacial score (nSPS) is 24.0. The van der Waals surface area contributed by atoms with E-state index in [1.807, 2.05) is 0 Å². The third-order valence-corrected chi connectivity index (χ3v) is 4.55. The molecule has 7 heteroatoms. The summed E-state index contributed by atoms with van der Waals surface area (Å²) in [5, 5.41) is 8.90. The summed E-state index contributed by atoms with van der Waals surface area (Å²) in [6, 6.07) is 7.02. The zero-order valence-electron chi connectivity index (χ0n) is 13.7. The van der Waals surface area contributed by atoms with Crippen molar-refractivity contribution in [3.63, 3.8) is 0 Å². The first-order chi connectivity index (χ1) is 11.5. The Hall–Kier alpha value is -2.41. The number of carbonyl (C=O) groups excluding carboxylic acids is 3. The largest absolute Gasteiger partial charge is 0.348 e. The van der Waals surface area contributed by atoms with Crippen LogP contribution in [0.4, 0.5) is 4.79 Å². The standard InChI is InChI=1S/C17H22N4O3/c1-11-14(6-3-7-18-11)20-16(23)13-5-2-4-12(8-13)10-21-15(22)9-19-17(21)24/h2,4-5,8,11,14,18H,3,6-7,9-10H2,1H3,(H,19,24)(H,20,23). The number of benzene rings is 1. The highest BCUT2D eigenvalue weighted by Crippen LogP contribution is 2.13. The number of nitrogens with one attached hydrogen (secondary N) is 3. The molecule has 1 aromatic rings. The van der Waals surface area contributed by atoms with Crippen LogP contribution >= 0.6 is 0 Å². The van der Waals surface area contributed by atoms with E-state index in [2.05, 4.69) is 22.9 Å². The second kappa shape index (κ2) is 7.00. The van der Waals surface area contributed by atoms with Gasteiger partial charge in [-0.3, -0.25) is 14.5 Å². The number of carbonyl (C=O) groups is 3. The Morgan fingerprint density at radius 1 is 1.38 bits per heavy atom. The Bertz CT molecular complexity index is 645. The van der Waals surface area contributed by atoms with E-state index in [9.17, 15) is 14.4 Å². The molecule has 2 aliphatic heterocycles. The van der Waals surface area contributed by atoms with Crippen LogP contribution in [0.25, 0.3) is 0 Å². The first-order valence-electron chi connectivity index (χ1n) is 8.26. The third-order valence-electron chi connectivity index (χ3n) is 4.55. The van der Waals surface area contributed by atoms with Gasteiger partial charge in [0.1, 0.15) is 0 Å². The number of nitrogens with zero attached hydrogens (tertiary/aromatic N) is 1. The van der Waals surface area contributed by atoms with E-state index < -0.39 is 6.03 Å². The van der Waals surface area contributed by atoms with Gasteiger partial charge >= 0.3 is 6.03 Å². The molecule has 1 aromatic carbocycles. The monoisotopic (exact) mass is 330 g/mol. The molecule has 2 aliphatic rings. The molecule has 0 bridgehead atoms. The molecule has 4 amide bonds. The highest BCUT2D eigenvalue weighted by Gasteiger charge is 2.28. The number of rotatable bonds is 4. The number of piperidine rings is 1. The van der Waals surface area contributed by atoms with E-state index in [1.165, 1.54) is 0 Å². The Kier molecular flexibility index (Phi) is 4.80. The van der Waals surface area contributed by atoms with Crippen LogP contribution in [0.5, 0.6) is 0 Å². The molecule has 0 aromatic heterocycles. The van der Waals surface area contributed by atoms with Gasteiger partial charge in [-0.1, -0.05) is 12.1 Å². The summed E-state index contributed by atoms with van der Waals surface area (Å²) in [7, 11) is 0. The second-order valence-electron chi connectivity index (χ2n) is 6.30. The quantitative estimate of drug-likeness (QED) is 0.706. The highest BCUT2D eigenvalue weighted by atomic mass is 16.2. The number of hydrogen-bond acceptors (Lipinski definition) is 4. The van der Waals surface area contributed by atoms with Gasteiger partial charge in [0.15, 0.2) is 0 Å². The summed E-state index contributed by atoms with van der Waals surface area (Å²) >= 11 is 0. The van der Waals surface area contributed by atoms with Crippen molar-refractivity contribution >= 4 is 17.8 Å². The van der Waals surface area contributed by atoms with Crippen LogP contribution in [-0.2, 0) is 11.3 Å². The first kappa shape index (κ1) is 16.4. The van der Waals surface area contributed by atoms with Gasteiger partial charge in [0, 0.05) is 17.6 Å². The number of hydrogen-bond donors (Lipinski definition) is 3. The molecule has 0 radical (unpaired) electrons. The lowest BCUT2D eigenvalue weighted by Crippen LogP contribution is -2.51. The molecule has 0 spiro atoms. The lowest BCUT2D eigenvalue weighted by molar-refractivity contribution is -0.125. The van der Waals surface area contributed by atoms with Gasteiger partial charge in [-0.15, -0.1) is 0 Å². The fraction of sp³-hybridized carbons (Fsp3) is 0.471. The first-order valence-corrected chi connectivity index (χ1v) is 8.26. The van der Waals surface area contributed by atoms with E-state index in [4.69, 9.17) is 0 Å². The molecular weight excluding hydrogens is 308 g/mol. The van der Waals surface area contributed by atoms with Crippen LogP contribution in [0.3, 0.4) is 0 Å². The summed E-state index contributed by atoms with van der Waals surface area (Å²) in [5.41, 5.74) is 1.29. The molecular formula is C17H22N4O3. The Balaban J connectivity index is 1.67. The molecule has 2 atom stereocenters. The minimum atomic E-state index is -0.392. The minimum Gasteiger partial charge on any atom is -0.348 e. The number of amides is 4. The van der Waals surface area contributed by atoms with Crippen LogP contribution in [0.1, 0.15) is 35.7 Å². The predicted octanol–water partition coefficient (Wildman–Crippen LogP) is 0.609. The molecule has 0 aliphatic carbocycles. The van der Waals surface area contributed by atoms with Crippen molar-refractivity contribution in [3.8, 4) is 0 Å². The van der Waals surface area contributed by atoms with Crippen molar-refractivity contribution in [3.05, 3.63) is 35.4 Å². The van der Waals surface area contributed by atoms with E-state index in [-0.39, 0.29) is 37.0 Å². The van der Waals surface area contributed by atoms with Gasteiger partial charge in [0.25, 0.3) is 5.91 Å². The fourth-order valence-corrected chi connectivity index (χ4v) is 3.10. The Labute approximate surface area is 140 Å². The molecule has 3 rings (SSSR count). The van der Waals surface area contributed by atoms with Gasteiger partial charge in [-0.05, 0) is 44.0 Å². The molecule has 2 heterocycles. The predicted molar refractivity (Wildman–Crippen MR) is 88.3 cm³/mol. The van der Waals surface area contributed by atoms with Gasteiger partial charge in [-0.25, -0.2) is 4.79 Å². The van der Waals surface area contributed by atoms with Gasteiger partial charge in [0.05, 0.1) is 13.1 Å². The zero-order chi connectivity index (χ0) is 17.1. The Morgan fingerprint density at radius 3 is 2.92 bits per heavy atom. The van der Waals surface area contributed by atoms with Gasteiger partial charge in [0.2, 0.25) is 5.91 Å². The van der Waals surface area contributed by atoms with Crippen LogP contribution in [-0.4, -0.2) is 47.9 Å². The van der Waals surface area contributed by atoms with Crippen LogP contribution in [0.2, 0.25) is 0 Å². The fourth-order valence-electron chi connectivity index (χ4n) is 3.10. The second-order valence-corrected chi connectivity index (χ2v) is 6.30. The topological polar surface area (TPSA) is 90.5 Å². The summed E-state index contributed by atoms with van der Waals surface area (Å²) in [4.78, 5) is 36.9. The number of urea groups is 1. The lowest BCUT2D eigenvalue weighted by Gasteiger charge is -2.30. The average Bonchev–Trinajstić information content (AvgIpc) is 2.89. The summed E-state index contributed by atoms with van der Waals surface area (Å²) < 4.78 is 0. The maximum atomic E-state index is 12.5. The van der Waals surface area contributed by atoms with Crippen molar-refractivity contribution in [1.29, 1.82) is 0 Å². The smallest absolute Gasteiger partial charge is 0.324 e.